The van der Waals surface area contributed by atoms with Gasteiger partial charge in [-0.25, -0.2) is 0 Å². The summed E-state index contributed by atoms with van der Waals surface area (Å²) in [7, 11) is 0. The number of anilines is 1. The van der Waals surface area contributed by atoms with E-state index in [4.69, 9.17) is 0 Å². The van der Waals surface area contributed by atoms with Crippen LogP contribution in [0.2, 0.25) is 0 Å². The van der Waals surface area contributed by atoms with Gasteiger partial charge in [-0.3, -0.25) is 0 Å². The highest BCUT2D eigenvalue weighted by atomic mass is 15.3. The van der Waals surface area contributed by atoms with Crippen LogP contribution in [0.25, 0.3) is 0 Å². The summed E-state index contributed by atoms with van der Waals surface area (Å²) in [6, 6.07) is 8.41. The second-order valence-electron chi connectivity index (χ2n) is 5.11. The summed E-state index contributed by atoms with van der Waals surface area (Å²) in [6.45, 7) is 6.20. The van der Waals surface area contributed by atoms with Crippen LogP contribution < -0.4 is 10.2 Å². The molecule has 0 bridgehead atoms. The number of hydrogen-bond donors (Lipinski definition) is 1. The fourth-order valence-corrected chi connectivity index (χ4v) is 2.60. The van der Waals surface area contributed by atoms with E-state index in [2.05, 4.69) is 44.0 Å². The molecule has 2 aromatic rings. The summed E-state index contributed by atoms with van der Waals surface area (Å²) in [6.07, 6.45) is 1.76. The highest BCUT2D eigenvalue weighted by Crippen LogP contribution is 2.25. The zero-order valence-electron chi connectivity index (χ0n) is 12.1. The molecule has 6 heteroatoms. The molecule has 2 heterocycles. The van der Waals surface area contributed by atoms with E-state index in [1.807, 2.05) is 12.1 Å². The van der Waals surface area contributed by atoms with Gasteiger partial charge in [0.05, 0.1) is 17.8 Å². The van der Waals surface area contributed by atoms with E-state index in [9.17, 15) is 5.26 Å². The number of nitrogens with one attached hydrogen (secondary N) is 1. The lowest BCUT2D eigenvalue weighted by Crippen LogP contribution is -2.34. The van der Waals surface area contributed by atoms with Crippen LogP contribution >= 0.6 is 0 Å². The van der Waals surface area contributed by atoms with Crippen LogP contribution in [0.1, 0.15) is 23.9 Å². The van der Waals surface area contributed by atoms with Crippen LogP contribution in [-0.4, -0.2) is 27.9 Å². The Morgan fingerprint density at radius 3 is 3.10 bits per heavy atom. The lowest BCUT2D eigenvalue weighted by atomic mass is 10.1. The highest BCUT2D eigenvalue weighted by Gasteiger charge is 2.20. The second-order valence-corrected chi connectivity index (χ2v) is 5.11. The molecule has 0 saturated heterocycles. The molecule has 0 saturated carbocycles. The van der Waals surface area contributed by atoms with E-state index < -0.39 is 0 Å². The van der Waals surface area contributed by atoms with Gasteiger partial charge in [-0.1, -0.05) is 13.0 Å². The normalized spacial score (nSPS) is 13.8. The Labute approximate surface area is 124 Å². The molecule has 1 aromatic carbocycles. The molecule has 0 atom stereocenters. The number of nitrogens with zero attached hydrogens (tertiary/aromatic N) is 5. The Balaban J connectivity index is 1.84. The monoisotopic (exact) mass is 282 g/mol. The van der Waals surface area contributed by atoms with Gasteiger partial charge in [0.2, 0.25) is 0 Å². The van der Waals surface area contributed by atoms with Crippen molar-refractivity contribution in [1.82, 2.24) is 20.1 Å². The minimum atomic E-state index is 0.696. The first-order valence-electron chi connectivity index (χ1n) is 7.17. The number of benzene rings is 1. The van der Waals surface area contributed by atoms with Crippen molar-refractivity contribution in [3.8, 4) is 6.07 Å². The van der Waals surface area contributed by atoms with E-state index in [0.717, 1.165) is 48.8 Å². The second kappa shape index (κ2) is 5.94. The number of fused-ring (bicyclic) bond motifs is 1. The standard InChI is InChI=1S/C15H18N6/c1-2-17-9-12-3-4-14(13(7-12)8-16)20-5-6-21-11-18-19-15(21)10-20/h3-4,7,11,17H,2,5-6,9-10H2,1H3. The molecule has 3 rings (SSSR count). The van der Waals surface area contributed by atoms with Gasteiger partial charge in [-0.05, 0) is 24.2 Å². The van der Waals surface area contributed by atoms with Crippen molar-refractivity contribution in [3.05, 3.63) is 41.5 Å². The number of nitriles is 1. The van der Waals surface area contributed by atoms with Crippen LogP contribution in [-0.2, 0) is 19.6 Å². The highest BCUT2D eigenvalue weighted by molar-refractivity contribution is 5.60. The Morgan fingerprint density at radius 1 is 1.38 bits per heavy atom. The maximum Gasteiger partial charge on any atom is 0.152 e. The van der Waals surface area contributed by atoms with Crippen molar-refractivity contribution in [1.29, 1.82) is 5.26 Å². The van der Waals surface area contributed by atoms with Crippen molar-refractivity contribution in [3.63, 3.8) is 0 Å². The van der Waals surface area contributed by atoms with Crippen LogP contribution in [0, 0.1) is 11.3 Å². The van der Waals surface area contributed by atoms with Gasteiger partial charge in [0.1, 0.15) is 12.4 Å². The molecule has 108 valence electrons. The maximum absolute atomic E-state index is 9.42. The fraction of sp³-hybridized carbons (Fsp3) is 0.400. The predicted octanol–water partition coefficient (Wildman–Crippen LogP) is 1.28. The summed E-state index contributed by atoms with van der Waals surface area (Å²) < 4.78 is 2.06. The third-order valence-electron chi connectivity index (χ3n) is 3.74. The Kier molecular flexibility index (Phi) is 3.84. The molecule has 0 unspecified atom stereocenters. The molecule has 0 amide bonds. The van der Waals surface area contributed by atoms with Gasteiger partial charge < -0.3 is 14.8 Å². The van der Waals surface area contributed by atoms with Crippen molar-refractivity contribution >= 4 is 5.69 Å². The van der Waals surface area contributed by atoms with Crippen LogP contribution in [0.3, 0.4) is 0 Å². The summed E-state index contributed by atoms with van der Waals surface area (Å²) >= 11 is 0. The van der Waals surface area contributed by atoms with Gasteiger partial charge in [0, 0.05) is 19.6 Å². The quantitative estimate of drug-likeness (QED) is 0.914. The summed E-state index contributed by atoms with van der Waals surface area (Å²) in [4.78, 5) is 2.19. The lowest BCUT2D eigenvalue weighted by molar-refractivity contribution is 0.559. The van der Waals surface area contributed by atoms with E-state index >= 15 is 0 Å². The van der Waals surface area contributed by atoms with E-state index in [1.54, 1.807) is 6.33 Å². The number of hydrogen-bond acceptors (Lipinski definition) is 5. The van der Waals surface area contributed by atoms with E-state index in [-0.39, 0.29) is 0 Å². The molecular formula is C15H18N6. The zero-order valence-corrected chi connectivity index (χ0v) is 12.1. The lowest BCUT2D eigenvalue weighted by Gasteiger charge is -2.29. The molecule has 6 nitrogen and oxygen atoms in total. The summed E-state index contributed by atoms with van der Waals surface area (Å²) in [5.74, 6) is 0.946. The smallest absolute Gasteiger partial charge is 0.152 e. The third kappa shape index (κ3) is 2.73. The molecule has 0 fully saturated rings. The first-order chi connectivity index (χ1) is 10.3. The molecule has 0 aliphatic carbocycles. The predicted molar refractivity (Wildman–Crippen MR) is 79.6 cm³/mol. The molecule has 1 aromatic heterocycles. The van der Waals surface area contributed by atoms with Crippen molar-refractivity contribution in [2.24, 2.45) is 0 Å². The van der Waals surface area contributed by atoms with Gasteiger partial charge in [-0.2, -0.15) is 5.26 Å². The maximum atomic E-state index is 9.42. The number of aromatic nitrogens is 3. The first kappa shape index (κ1) is 13.6. The Bertz CT molecular complexity index is 669. The Morgan fingerprint density at radius 2 is 2.29 bits per heavy atom. The van der Waals surface area contributed by atoms with Crippen LogP contribution in [0.5, 0.6) is 0 Å². The minimum absolute atomic E-state index is 0.696. The minimum Gasteiger partial charge on any atom is -0.361 e. The molecule has 1 aliphatic rings. The third-order valence-corrected chi connectivity index (χ3v) is 3.74. The molecule has 0 radical (unpaired) electrons. The van der Waals surface area contributed by atoms with Crippen molar-refractivity contribution in [2.45, 2.75) is 26.6 Å². The van der Waals surface area contributed by atoms with Gasteiger partial charge >= 0.3 is 0 Å². The summed E-state index contributed by atoms with van der Waals surface area (Å²) in [5, 5.41) is 20.8. The topological polar surface area (TPSA) is 69.8 Å². The zero-order chi connectivity index (χ0) is 14.7. The SMILES string of the molecule is CCNCc1ccc(N2CCn3cnnc3C2)c(C#N)c1. The van der Waals surface area contributed by atoms with E-state index in [1.165, 1.54) is 0 Å². The molecule has 1 aliphatic heterocycles. The fourth-order valence-electron chi connectivity index (χ4n) is 2.60. The Hall–Kier alpha value is -2.39. The van der Waals surface area contributed by atoms with Crippen molar-refractivity contribution < 1.29 is 0 Å². The first-order valence-corrected chi connectivity index (χ1v) is 7.17. The summed E-state index contributed by atoms with van der Waals surface area (Å²) in [5.41, 5.74) is 2.84. The molecule has 21 heavy (non-hydrogen) atoms. The average molecular weight is 282 g/mol. The van der Waals surface area contributed by atoms with Gasteiger partial charge in [0.15, 0.2) is 5.82 Å². The van der Waals surface area contributed by atoms with E-state index in [0.29, 0.717) is 6.54 Å². The average Bonchev–Trinajstić information content (AvgIpc) is 3.00. The molecule has 1 N–H and O–H groups in total. The largest absolute Gasteiger partial charge is 0.361 e. The van der Waals surface area contributed by atoms with Gasteiger partial charge in [-0.15, -0.1) is 10.2 Å². The number of rotatable bonds is 4. The van der Waals surface area contributed by atoms with Gasteiger partial charge in [0.25, 0.3) is 0 Å². The van der Waals surface area contributed by atoms with Crippen LogP contribution in [0.4, 0.5) is 5.69 Å². The van der Waals surface area contributed by atoms with Crippen molar-refractivity contribution in [2.75, 3.05) is 18.0 Å². The molecule has 0 spiro atoms. The van der Waals surface area contributed by atoms with Crippen LogP contribution in [0.15, 0.2) is 24.5 Å². The molecular weight excluding hydrogens is 264 g/mol.